The molecule has 0 aliphatic rings. The van der Waals surface area contributed by atoms with Crippen molar-refractivity contribution in [2.75, 3.05) is 0 Å². The molecule has 3 atom stereocenters. The molecule has 2 rings (SSSR count). The van der Waals surface area contributed by atoms with Gasteiger partial charge >= 0.3 is 5.97 Å². The van der Waals surface area contributed by atoms with Gasteiger partial charge in [0.2, 0.25) is 11.8 Å². The lowest BCUT2D eigenvalue weighted by molar-refractivity contribution is -0.142. The number of nitrogens with one attached hydrogen (secondary N) is 2. The van der Waals surface area contributed by atoms with Crippen molar-refractivity contribution in [3.05, 3.63) is 71.8 Å². The number of benzene rings is 2. The highest BCUT2D eigenvalue weighted by atomic mass is 16.4. The number of carbonyl (C=O) groups excluding carboxylic acids is 2. The number of aryl methyl sites for hydroxylation is 1. The van der Waals surface area contributed by atoms with E-state index in [-0.39, 0.29) is 24.2 Å². The minimum atomic E-state index is -1.10. The largest absolute Gasteiger partial charge is 0.480 e. The van der Waals surface area contributed by atoms with Gasteiger partial charge in [0, 0.05) is 12.3 Å². The van der Waals surface area contributed by atoms with Gasteiger partial charge in [0.25, 0.3) is 0 Å². The zero-order valence-electron chi connectivity index (χ0n) is 19.1. The highest BCUT2D eigenvalue weighted by molar-refractivity contribution is 5.91. The summed E-state index contributed by atoms with van der Waals surface area (Å²) in [5.41, 5.74) is 1.98. The van der Waals surface area contributed by atoms with Crippen LogP contribution in [0.15, 0.2) is 60.7 Å². The van der Waals surface area contributed by atoms with E-state index in [0.717, 1.165) is 17.5 Å². The van der Waals surface area contributed by atoms with Gasteiger partial charge in [-0.05, 0) is 36.3 Å². The Kier molecular flexibility index (Phi) is 9.92. The number of amides is 2. The topological polar surface area (TPSA) is 95.5 Å². The summed E-state index contributed by atoms with van der Waals surface area (Å²) in [5, 5.41) is 15.1. The molecule has 2 amide bonds. The van der Waals surface area contributed by atoms with Crippen molar-refractivity contribution < 1.29 is 19.5 Å². The minimum absolute atomic E-state index is 0.156. The predicted molar refractivity (Wildman–Crippen MR) is 125 cm³/mol. The predicted octanol–water partition coefficient (Wildman–Crippen LogP) is 3.60. The van der Waals surface area contributed by atoms with E-state index >= 15 is 0 Å². The first-order valence-corrected chi connectivity index (χ1v) is 11.2. The third-order valence-corrected chi connectivity index (χ3v) is 5.39. The van der Waals surface area contributed by atoms with Gasteiger partial charge < -0.3 is 15.7 Å². The maximum absolute atomic E-state index is 12.9. The van der Waals surface area contributed by atoms with Crippen LogP contribution in [0.4, 0.5) is 0 Å². The summed E-state index contributed by atoms with van der Waals surface area (Å²) in [6.07, 6.45) is 2.05. The van der Waals surface area contributed by atoms with Crippen LogP contribution in [0, 0.1) is 11.8 Å². The number of hydrogen-bond acceptors (Lipinski definition) is 3. The molecule has 0 saturated carbocycles. The molecular formula is C26H34N2O4. The highest BCUT2D eigenvalue weighted by Crippen LogP contribution is 2.12. The summed E-state index contributed by atoms with van der Waals surface area (Å²) in [5.74, 6) is -1.88. The zero-order chi connectivity index (χ0) is 23.5. The van der Waals surface area contributed by atoms with Gasteiger partial charge in [-0.15, -0.1) is 0 Å². The van der Waals surface area contributed by atoms with Crippen LogP contribution in [-0.2, 0) is 27.2 Å². The van der Waals surface area contributed by atoms with Crippen LogP contribution in [0.1, 0.15) is 44.7 Å². The first kappa shape index (κ1) is 25.1. The molecule has 2 aromatic rings. The van der Waals surface area contributed by atoms with Crippen LogP contribution in [0.5, 0.6) is 0 Å². The van der Waals surface area contributed by atoms with Crippen molar-refractivity contribution in [3.63, 3.8) is 0 Å². The summed E-state index contributed by atoms with van der Waals surface area (Å²) in [6.45, 7) is 5.77. The van der Waals surface area contributed by atoms with E-state index in [1.165, 1.54) is 0 Å². The Labute approximate surface area is 190 Å². The quantitative estimate of drug-likeness (QED) is 0.472. The third-order valence-electron chi connectivity index (χ3n) is 5.39. The molecule has 0 heterocycles. The first-order valence-electron chi connectivity index (χ1n) is 11.2. The van der Waals surface area contributed by atoms with Crippen LogP contribution < -0.4 is 10.6 Å². The van der Waals surface area contributed by atoms with Crippen molar-refractivity contribution in [2.24, 2.45) is 11.8 Å². The third kappa shape index (κ3) is 8.53. The molecule has 0 bridgehead atoms. The summed E-state index contributed by atoms with van der Waals surface area (Å²) in [7, 11) is 0. The lowest BCUT2D eigenvalue weighted by atomic mass is 9.98. The molecule has 0 unspecified atom stereocenters. The zero-order valence-corrected chi connectivity index (χ0v) is 19.1. The highest BCUT2D eigenvalue weighted by Gasteiger charge is 2.28. The van der Waals surface area contributed by atoms with Gasteiger partial charge in [0.05, 0.1) is 0 Å². The molecule has 0 aliphatic carbocycles. The van der Waals surface area contributed by atoms with E-state index in [0.29, 0.717) is 12.8 Å². The van der Waals surface area contributed by atoms with Crippen molar-refractivity contribution >= 4 is 17.8 Å². The molecule has 6 nitrogen and oxygen atoms in total. The lowest BCUT2D eigenvalue weighted by Crippen LogP contribution is -2.53. The van der Waals surface area contributed by atoms with Gasteiger partial charge in [-0.2, -0.15) is 0 Å². The number of carbonyl (C=O) groups is 3. The van der Waals surface area contributed by atoms with Crippen LogP contribution in [0.2, 0.25) is 0 Å². The fourth-order valence-corrected chi connectivity index (χ4v) is 3.50. The lowest BCUT2D eigenvalue weighted by Gasteiger charge is -2.24. The summed E-state index contributed by atoms with van der Waals surface area (Å²) >= 11 is 0. The normalized spacial score (nSPS) is 13.8. The number of rotatable bonds is 12. The van der Waals surface area contributed by atoms with Gasteiger partial charge in [-0.3, -0.25) is 9.59 Å². The minimum Gasteiger partial charge on any atom is -0.480 e. The molecule has 3 N–H and O–H groups in total. The maximum atomic E-state index is 12.9. The van der Waals surface area contributed by atoms with E-state index in [4.69, 9.17) is 0 Å². The molecule has 0 aliphatic heterocycles. The SMILES string of the molecule is CC(C)C[C@H](NC(=O)[C@@H](C)CCc1ccccc1)C(=O)N[C@@H](Cc1ccccc1)C(=O)O. The monoisotopic (exact) mass is 438 g/mol. The Bertz CT molecular complexity index is 868. The molecule has 0 radical (unpaired) electrons. The van der Waals surface area contributed by atoms with Gasteiger partial charge in [0.1, 0.15) is 12.1 Å². The summed E-state index contributed by atoms with van der Waals surface area (Å²) in [4.78, 5) is 37.4. The fraction of sp³-hybridized carbons (Fsp3) is 0.423. The smallest absolute Gasteiger partial charge is 0.326 e. The summed E-state index contributed by atoms with van der Waals surface area (Å²) < 4.78 is 0. The number of carboxylic acids is 1. The Morgan fingerprint density at radius 3 is 1.84 bits per heavy atom. The average Bonchev–Trinajstić information content (AvgIpc) is 2.77. The van der Waals surface area contributed by atoms with Gasteiger partial charge in [-0.25, -0.2) is 4.79 Å². The Morgan fingerprint density at radius 2 is 1.31 bits per heavy atom. The van der Waals surface area contributed by atoms with Crippen molar-refractivity contribution in [3.8, 4) is 0 Å². The second-order valence-electron chi connectivity index (χ2n) is 8.71. The van der Waals surface area contributed by atoms with Crippen molar-refractivity contribution in [1.29, 1.82) is 0 Å². The van der Waals surface area contributed by atoms with E-state index in [2.05, 4.69) is 10.6 Å². The molecule has 2 aromatic carbocycles. The van der Waals surface area contributed by atoms with Crippen molar-refractivity contribution in [1.82, 2.24) is 10.6 Å². The van der Waals surface area contributed by atoms with E-state index in [1.807, 2.05) is 81.4 Å². The molecule has 32 heavy (non-hydrogen) atoms. The standard InChI is InChI=1S/C26H34N2O4/c1-18(2)16-22(27-24(29)19(3)14-15-20-10-6-4-7-11-20)25(30)28-23(26(31)32)17-21-12-8-5-9-13-21/h4-13,18-19,22-23H,14-17H2,1-3H3,(H,27,29)(H,28,30)(H,31,32)/t19-,22-,23-/m0/s1. The molecule has 0 aromatic heterocycles. The van der Waals surface area contributed by atoms with Crippen LogP contribution in [0.25, 0.3) is 0 Å². The number of carboxylic acid groups (broad SMARTS) is 1. The Morgan fingerprint density at radius 1 is 0.781 bits per heavy atom. The Hall–Kier alpha value is -3.15. The van der Waals surface area contributed by atoms with E-state index < -0.39 is 24.0 Å². The molecule has 0 saturated heterocycles. The van der Waals surface area contributed by atoms with Crippen LogP contribution in [-0.4, -0.2) is 35.0 Å². The Balaban J connectivity index is 1.99. The molecule has 6 heteroatoms. The van der Waals surface area contributed by atoms with E-state index in [1.54, 1.807) is 0 Å². The van der Waals surface area contributed by atoms with Crippen LogP contribution >= 0.6 is 0 Å². The number of hydrogen-bond donors (Lipinski definition) is 3. The fourth-order valence-electron chi connectivity index (χ4n) is 3.50. The molecule has 172 valence electrons. The molecule has 0 fully saturated rings. The maximum Gasteiger partial charge on any atom is 0.326 e. The second kappa shape index (κ2) is 12.6. The second-order valence-corrected chi connectivity index (χ2v) is 8.71. The average molecular weight is 439 g/mol. The first-order chi connectivity index (χ1) is 15.3. The van der Waals surface area contributed by atoms with Gasteiger partial charge in [0.15, 0.2) is 0 Å². The summed E-state index contributed by atoms with van der Waals surface area (Å²) in [6, 6.07) is 17.3. The number of aliphatic carboxylic acids is 1. The van der Waals surface area contributed by atoms with Crippen LogP contribution in [0.3, 0.4) is 0 Å². The van der Waals surface area contributed by atoms with Gasteiger partial charge in [-0.1, -0.05) is 81.4 Å². The van der Waals surface area contributed by atoms with Crippen molar-refractivity contribution in [2.45, 2.75) is 58.5 Å². The molecular weight excluding hydrogens is 404 g/mol. The molecule has 0 spiro atoms. The van der Waals surface area contributed by atoms with E-state index in [9.17, 15) is 19.5 Å².